The van der Waals surface area contributed by atoms with Gasteiger partial charge in [0.2, 0.25) is 11.8 Å². The van der Waals surface area contributed by atoms with Crippen LogP contribution in [0.5, 0.6) is 0 Å². The summed E-state index contributed by atoms with van der Waals surface area (Å²) in [7, 11) is 0. The zero-order valence-corrected chi connectivity index (χ0v) is 15.7. The number of nitrogens with zero attached hydrogens (tertiary/aromatic N) is 1. The molecule has 0 heterocycles. The summed E-state index contributed by atoms with van der Waals surface area (Å²) in [4.78, 5) is 25.7. The van der Waals surface area contributed by atoms with Crippen LogP contribution in [0.15, 0.2) is 42.5 Å². The number of amides is 2. The molecule has 0 aliphatic rings. The summed E-state index contributed by atoms with van der Waals surface area (Å²) in [5.41, 5.74) is 2.39. The van der Waals surface area contributed by atoms with E-state index in [1.165, 1.54) is 6.92 Å². The molecule has 1 N–H and O–H groups in total. The monoisotopic (exact) mass is 378 g/mol. The summed E-state index contributed by atoms with van der Waals surface area (Å²) >= 11 is 12.2. The lowest BCUT2D eigenvalue weighted by atomic mass is 10.1. The molecule has 0 radical (unpaired) electrons. The van der Waals surface area contributed by atoms with Gasteiger partial charge in [0, 0.05) is 42.2 Å². The van der Waals surface area contributed by atoms with Gasteiger partial charge in [-0.1, -0.05) is 47.5 Å². The topological polar surface area (TPSA) is 49.4 Å². The Bertz CT molecular complexity index is 778. The number of carbonyl (C=O) groups excluding carboxylic acids is 2. The van der Waals surface area contributed by atoms with Gasteiger partial charge < -0.3 is 10.2 Å². The van der Waals surface area contributed by atoms with Crippen molar-refractivity contribution in [2.45, 2.75) is 26.8 Å². The fourth-order valence-electron chi connectivity index (χ4n) is 2.47. The molecule has 2 aromatic rings. The van der Waals surface area contributed by atoms with Crippen molar-refractivity contribution in [2.24, 2.45) is 0 Å². The second kappa shape index (κ2) is 8.88. The molecule has 4 nitrogen and oxygen atoms in total. The third-order valence-corrected chi connectivity index (χ3v) is 4.68. The van der Waals surface area contributed by atoms with Crippen LogP contribution in [-0.4, -0.2) is 18.4 Å². The Morgan fingerprint density at radius 1 is 1.04 bits per heavy atom. The predicted octanol–water partition coefficient (Wildman–Crippen LogP) is 4.36. The first kappa shape index (κ1) is 19.3. The van der Waals surface area contributed by atoms with E-state index in [2.05, 4.69) is 5.32 Å². The molecule has 0 fully saturated rings. The molecule has 0 spiro atoms. The lowest BCUT2D eigenvalue weighted by Gasteiger charge is -2.23. The van der Waals surface area contributed by atoms with Crippen LogP contribution in [0.25, 0.3) is 0 Å². The molecule has 25 heavy (non-hydrogen) atoms. The van der Waals surface area contributed by atoms with E-state index in [-0.39, 0.29) is 24.8 Å². The van der Waals surface area contributed by atoms with Crippen LogP contribution in [0.3, 0.4) is 0 Å². The normalized spacial score (nSPS) is 10.4. The average molecular weight is 379 g/mol. The summed E-state index contributed by atoms with van der Waals surface area (Å²) in [5.74, 6) is -0.282. The minimum absolute atomic E-state index is 0.135. The van der Waals surface area contributed by atoms with E-state index in [0.29, 0.717) is 16.6 Å². The van der Waals surface area contributed by atoms with Crippen LogP contribution in [0, 0.1) is 6.92 Å². The van der Waals surface area contributed by atoms with Crippen LogP contribution >= 0.6 is 23.2 Å². The predicted molar refractivity (Wildman–Crippen MR) is 102 cm³/mol. The summed E-state index contributed by atoms with van der Waals surface area (Å²) < 4.78 is 0. The highest BCUT2D eigenvalue weighted by molar-refractivity contribution is 6.32. The van der Waals surface area contributed by atoms with E-state index in [1.807, 2.05) is 31.2 Å². The largest absolute Gasteiger partial charge is 0.352 e. The highest BCUT2D eigenvalue weighted by Crippen LogP contribution is 2.26. The number of anilines is 1. The number of halogens is 2. The fourth-order valence-corrected chi connectivity index (χ4v) is 2.85. The SMILES string of the molecule is CC(=O)N(CCC(=O)NCc1ccccc1Cl)c1cccc(Cl)c1C. The van der Waals surface area contributed by atoms with Crippen molar-refractivity contribution >= 4 is 40.7 Å². The molecule has 6 heteroatoms. The van der Waals surface area contributed by atoms with Gasteiger partial charge in [-0.25, -0.2) is 0 Å². The van der Waals surface area contributed by atoms with Crippen molar-refractivity contribution in [1.29, 1.82) is 0 Å². The van der Waals surface area contributed by atoms with Crippen molar-refractivity contribution in [3.63, 3.8) is 0 Å². The van der Waals surface area contributed by atoms with Gasteiger partial charge >= 0.3 is 0 Å². The summed E-state index contributed by atoms with van der Waals surface area (Å²) in [6.45, 7) is 3.96. The van der Waals surface area contributed by atoms with E-state index in [1.54, 1.807) is 23.1 Å². The summed E-state index contributed by atoms with van der Waals surface area (Å²) in [5, 5.41) is 4.03. The molecular formula is C19H20Cl2N2O2. The number of rotatable bonds is 6. The van der Waals surface area contributed by atoms with Gasteiger partial charge in [0.05, 0.1) is 0 Å². The van der Waals surface area contributed by atoms with Crippen molar-refractivity contribution in [2.75, 3.05) is 11.4 Å². The maximum atomic E-state index is 12.1. The Hall–Kier alpha value is -2.04. The Morgan fingerprint density at radius 3 is 2.40 bits per heavy atom. The third-order valence-electron chi connectivity index (χ3n) is 3.91. The molecular weight excluding hydrogens is 359 g/mol. The first-order valence-electron chi connectivity index (χ1n) is 7.93. The average Bonchev–Trinajstić information content (AvgIpc) is 2.57. The van der Waals surface area contributed by atoms with Crippen molar-refractivity contribution in [3.8, 4) is 0 Å². The highest BCUT2D eigenvalue weighted by atomic mass is 35.5. The number of hydrogen-bond acceptors (Lipinski definition) is 2. The number of benzene rings is 2. The van der Waals surface area contributed by atoms with Crippen LogP contribution in [0.2, 0.25) is 10.0 Å². The number of carbonyl (C=O) groups is 2. The lowest BCUT2D eigenvalue weighted by molar-refractivity contribution is -0.121. The molecule has 132 valence electrons. The van der Waals surface area contributed by atoms with Gasteiger partial charge in [0.25, 0.3) is 0 Å². The van der Waals surface area contributed by atoms with Crippen LogP contribution in [-0.2, 0) is 16.1 Å². The zero-order valence-electron chi connectivity index (χ0n) is 14.2. The van der Waals surface area contributed by atoms with Crippen LogP contribution in [0.1, 0.15) is 24.5 Å². The Morgan fingerprint density at radius 2 is 1.72 bits per heavy atom. The Kier molecular flexibility index (Phi) is 6.85. The molecule has 0 saturated heterocycles. The smallest absolute Gasteiger partial charge is 0.223 e. The lowest BCUT2D eigenvalue weighted by Crippen LogP contribution is -2.34. The summed E-state index contributed by atoms with van der Waals surface area (Å²) in [6, 6.07) is 12.7. The molecule has 2 aromatic carbocycles. The van der Waals surface area contributed by atoms with Crippen LogP contribution < -0.4 is 10.2 Å². The minimum atomic E-state index is -0.147. The van der Waals surface area contributed by atoms with E-state index in [4.69, 9.17) is 23.2 Å². The van der Waals surface area contributed by atoms with Gasteiger partial charge in [0.1, 0.15) is 0 Å². The van der Waals surface area contributed by atoms with Gasteiger partial charge in [-0.3, -0.25) is 9.59 Å². The minimum Gasteiger partial charge on any atom is -0.352 e. The third kappa shape index (κ3) is 5.21. The zero-order chi connectivity index (χ0) is 18.4. The molecule has 0 saturated carbocycles. The van der Waals surface area contributed by atoms with Gasteiger partial charge in [-0.15, -0.1) is 0 Å². The number of hydrogen-bond donors (Lipinski definition) is 1. The van der Waals surface area contributed by atoms with E-state index < -0.39 is 0 Å². The van der Waals surface area contributed by atoms with Crippen molar-refractivity contribution in [3.05, 3.63) is 63.6 Å². The second-order valence-corrected chi connectivity index (χ2v) is 6.49. The molecule has 0 unspecified atom stereocenters. The summed E-state index contributed by atoms with van der Waals surface area (Å²) in [6.07, 6.45) is 0.190. The Labute approximate surface area is 157 Å². The van der Waals surface area contributed by atoms with E-state index in [9.17, 15) is 9.59 Å². The first-order valence-corrected chi connectivity index (χ1v) is 8.69. The molecule has 0 aliphatic carbocycles. The van der Waals surface area contributed by atoms with Crippen molar-refractivity contribution < 1.29 is 9.59 Å². The quantitative estimate of drug-likeness (QED) is 0.811. The van der Waals surface area contributed by atoms with Crippen molar-refractivity contribution in [1.82, 2.24) is 5.32 Å². The fraction of sp³-hybridized carbons (Fsp3) is 0.263. The maximum absolute atomic E-state index is 12.1. The van der Waals surface area contributed by atoms with Gasteiger partial charge in [-0.05, 0) is 36.2 Å². The molecule has 0 bridgehead atoms. The van der Waals surface area contributed by atoms with E-state index >= 15 is 0 Å². The molecule has 2 amide bonds. The molecule has 0 aliphatic heterocycles. The molecule has 0 aromatic heterocycles. The van der Waals surface area contributed by atoms with Gasteiger partial charge in [0.15, 0.2) is 0 Å². The highest BCUT2D eigenvalue weighted by Gasteiger charge is 2.16. The number of nitrogens with one attached hydrogen (secondary N) is 1. The van der Waals surface area contributed by atoms with Gasteiger partial charge in [-0.2, -0.15) is 0 Å². The standard InChI is InChI=1S/C19H20Cl2N2O2/c1-13-16(20)8-5-9-18(13)23(14(2)24)11-10-19(25)22-12-15-6-3-4-7-17(15)21/h3-9H,10-12H2,1-2H3,(H,22,25). The Balaban J connectivity index is 1.97. The first-order chi connectivity index (χ1) is 11.9. The van der Waals surface area contributed by atoms with Crippen LogP contribution in [0.4, 0.5) is 5.69 Å². The molecule has 0 atom stereocenters. The second-order valence-electron chi connectivity index (χ2n) is 5.67. The van der Waals surface area contributed by atoms with E-state index in [0.717, 1.165) is 16.8 Å². The maximum Gasteiger partial charge on any atom is 0.223 e. The molecule has 2 rings (SSSR count).